The van der Waals surface area contributed by atoms with Crippen LogP contribution in [0.15, 0.2) is 54.6 Å². The van der Waals surface area contributed by atoms with E-state index < -0.39 is 24.5 Å². The molecule has 5 nitrogen and oxygen atoms in total. The molecule has 0 aromatic heterocycles. The van der Waals surface area contributed by atoms with Gasteiger partial charge in [0.1, 0.15) is 11.5 Å². The lowest BCUT2D eigenvalue weighted by atomic mass is 10.2. The Kier molecular flexibility index (Phi) is 9.78. The molecule has 0 unspecified atom stereocenters. The molecule has 172 valence electrons. The van der Waals surface area contributed by atoms with E-state index in [1.54, 1.807) is 30.3 Å². The first-order chi connectivity index (χ1) is 15.3. The number of unbranched alkanes of at least 4 members (excludes halogenated alkanes) is 1. The van der Waals surface area contributed by atoms with Crippen LogP contribution in [0.1, 0.15) is 48.5 Å². The lowest BCUT2D eigenvalue weighted by Gasteiger charge is -2.09. The highest BCUT2D eigenvalue weighted by Crippen LogP contribution is 2.22. The average molecular weight is 450 g/mol. The molecular weight excluding hydrogens is 425 g/mol. The summed E-state index contributed by atoms with van der Waals surface area (Å²) >= 11 is 0. The zero-order valence-corrected chi connectivity index (χ0v) is 17.7. The smallest absolute Gasteiger partial charge is 0.389 e. The predicted octanol–water partition coefficient (Wildman–Crippen LogP) is 5.98. The van der Waals surface area contributed by atoms with Crippen LogP contribution in [0.4, 0.5) is 13.2 Å². The molecule has 0 saturated heterocycles. The molecule has 0 N–H and O–H groups in total. The van der Waals surface area contributed by atoms with Crippen molar-refractivity contribution in [2.75, 3.05) is 13.2 Å². The van der Waals surface area contributed by atoms with Gasteiger partial charge >= 0.3 is 18.1 Å². The van der Waals surface area contributed by atoms with Crippen molar-refractivity contribution in [1.82, 2.24) is 0 Å². The minimum absolute atomic E-state index is 0.0689. The van der Waals surface area contributed by atoms with Crippen LogP contribution in [0.25, 0.3) is 6.08 Å². The summed E-state index contributed by atoms with van der Waals surface area (Å²) in [5.41, 5.74) is 1.01. The highest BCUT2D eigenvalue weighted by atomic mass is 19.4. The minimum atomic E-state index is -4.20. The molecule has 0 bridgehead atoms. The molecule has 0 saturated carbocycles. The average Bonchev–Trinajstić information content (AvgIpc) is 2.76. The third-order valence-corrected chi connectivity index (χ3v) is 4.21. The quantitative estimate of drug-likeness (QED) is 0.182. The number of hydrogen-bond acceptors (Lipinski definition) is 5. The summed E-state index contributed by atoms with van der Waals surface area (Å²) in [4.78, 5) is 23.8. The topological polar surface area (TPSA) is 61.8 Å². The van der Waals surface area contributed by atoms with Gasteiger partial charge in [0.25, 0.3) is 0 Å². The Morgan fingerprint density at radius 3 is 2.19 bits per heavy atom. The van der Waals surface area contributed by atoms with Gasteiger partial charge in [-0.05, 0) is 60.9 Å². The Hall–Kier alpha value is -3.29. The number of ether oxygens (including phenoxy) is 3. The van der Waals surface area contributed by atoms with E-state index in [2.05, 4.69) is 0 Å². The highest BCUT2D eigenvalue weighted by molar-refractivity contribution is 5.91. The summed E-state index contributed by atoms with van der Waals surface area (Å²) in [6.07, 6.45) is -0.548. The molecule has 2 rings (SSSR count). The van der Waals surface area contributed by atoms with Crippen molar-refractivity contribution in [3.8, 4) is 11.5 Å². The molecule has 32 heavy (non-hydrogen) atoms. The van der Waals surface area contributed by atoms with Gasteiger partial charge in [-0.2, -0.15) is 13.2 Å². The number of carbonyl (C=O) groups is 2. The molecule has 0 atom stereocenters. The standard InChI is InChI=1S/C24H25F3O5/c1-2-3-16-31-22(28)14-7-18-5-10-21(11-6-18)32-23(29)19-8-12-20(13-9-19)30-17-4-15-24(25,26)27/h5-14H,2-4,15-17H2,1H3. The number of benzene rings is 2. The molecule has 0 amide bonds. The Morgan fingerprint density at radius 1 is 0.906 bits per heavy atom. The number of halogens is 3. The van der Waals surface area contributed by atoms with Gasteiger partial charge in [0.05, 0.1) is 18.8 Å². The number of esters is 2. The van der Waals surface area contributed by atoms with Crippen LogP contribution < -0.4 is 9.47 Å². The van der Waals surface area contributed by atoms with E-state index in [1.807, 2.05) is 6.92 Å². The van der Waals surface area contributed by atoms with Crippen molar-refractivity contribution in [3.63, 3.8) is 0 Å². The molecular formula is C24H25F3O5. The summed E-state index contributed by atoms with van der Waals surface area (Å²) in [6, 6.07) is 12.5. The van der Waals surface area contributed by atoms with Gasteiger partial charge in [-0.25, -0.2) is 9.59 Å². The monoisotopic (exact) mass is 450 g/mol. The van der Waals surface area contributed by atoms with Gasteiger partial charge in [-0.3, -0.25) is 0 Å². The number of carbonyl (C=O) groups excluding carboxylic acids is 2. The highest BCUT2D eigenvalue weighted by Gasteiger charge is 2.26. The largest absolute Gasteiger partial charge is 0.494 e. The molecule has 0 radical (unpaired) electrons. The maximum absolute atomic E-state index is 12.3. The van der Waals surface area contributed by atoms with Gasteiger partial charge in [-0.15, -0.1) is 0 Å². The minimum Gasteiger partial charge on any atom is -0.494 e. The van der Waals surface area contributed by atoms with Crippen molar-refractivity contribution in [1.29, 1.82) is 0 Å². The Balaban J connectivity index is 1.81. The molecule has 2 aromatic carbocycles. The Bertz CT molecular complexity index is 887. The van der Waals surface area contributed by atoms with E-state index >= 15 is 0 Å². The fourth-order valence-electron chi connectivity index (χ4n) is 2.49. The third kappa shape index (κ3) is 9.68. The lowest BCUT2D eigenvalue weighted by Crippen LogP contribution is -2.10. The first-order valence-electron chi connectivity index (χ1n) is 10.2. The maximum atomic E-state index is 12.3. The number of hydrogen-bond donors (Lipinski definition) is 0. The summed E-state index contributed by atoms with van der Waals surface area (Å²) in [7, 11) is 0. The van der Waals surface area contributed by atoms with Crippen LogP contribution >= 0.6 is 0 Å². The van der Waals surface area contributed by atoms with E-state index in [-0.39, 0.29) is 18.6 Å². The lowest BCUT2D eigenvalue weighted by molar-refractivity contribution is -0.138. The third-order valence-electron chi connectivity index (χ3n) is 4.21. The van der Waals surface area contributed by atoms with Crippen molar-refractivity contribution in [2.45, 2.75) is 38.8 Å². The Morgan fingerprint density at radius 2 is 1.56 bits per heavy atom. The number of alkyl halides is 3. The molecule has 0 fully saturated rings. The van der Waals surface area contributed by atoms with Gasteiger partial charge in [0, 0.05) is 12.5 Å². The second-order valence-electron chi connectivity index (χ2n) is 6.90. The summed E-state index contributed by atoms with van der Waals surface area (Å²) in [5, 5.41) is 0. The van der Waals surface area contributed by atoms with E-state index in [4.69, 9.17) is 14.2 Å². The predicted molar refractivity (Wildman–Crippen MR) is 114 cm³/mol. The fourth-order valence-corrected chi connectivity index (χ4v) is 2.49. The first kappa shape index (κ1) is 25.0. The van der Waals surface area contributed by atoms with Crippen molar-refractivity contribution >= 4 is 18.0 Å². The second-order valence-corrected chi connectivity index (χ2v) is 6.90. The van der Waals surface area contributed by atoms with Gasteiger partial charge in [0.15, 0.2) is 0 Å². The molecule has 0 aliphatic carbocycles. The van der Waals surface area contributed by atoms with E-state index in [0.29, 0.717) is 18.1 Å². The van der Waals surface area contributed by atoms with Crippen molar-refractivity contribution in [2.24, 2.45) is 0 Å². The van der Waals surface area contributed by atoms with Gasteiger partial charge in [0.2, 0.25) is 0 Å². The number of rotatable bonds is 11. The molecule has 0 heterocycles. The summed E-state index contributed by atoms with van der Waals surface area (Å²) in [5.74, 6) is -0.309. The van der Waals surface area contributed by atoms with Gasteiger partial charge in [-0.1, -0.05) is 25.5 Å². The van der Waals surface area contributed by atoms with Crippen molar-refractivity contribution < 1.29 is 37.0 Å². The summed E-state index contributed by atoms with van der Waals surface area (Å²) < 4.78 is 51.9. The van der Waals surface area contributed by atoms with Crippen LogP contribution in [-0.2, 0) is 9.53 Å². The fraction of sp³-hybridized carbons (Fsp3) is 0.333. The molecule has 0 aliphatic heterocycles. The van der Waals surface area contributed by atoms with Crippen LogP contribution in [0, 0.1) is 0 Å². The maximum Gasteiger partial charge on any atom is 0.389 e. The second kappa shape index (κ2) is 12.5. The first-order valence-corrected chi connectivity index (χ1v) is 10.2. The SMILES string of the molecule is CCCCOC(=O)C=Cc1ccc(OC(=O)c2ccc(OCCCC(F)(F)F)cc2)cc1. The van der Waals surface area contributed by atoms with Gasteiger partial charge < -0.3 is 14.2 Å². The van der Waals surface area contributed by atoms with Crippen LogP contribution in [0.3, 0.4) is 0 Å². The van der Waals surface area contributed by atoms with Crippen LogP contribution in [0.5, 0.6) is 11.5 Å². The van der Waals surface area contributed by atoms with Crippen LogP contribution in [0.2, 0.25) is 0 Å². The Labute approximate surface area is 184 Å². The molecule has 0 spiro atoms. The normalized spacial score (nSPS) is 11.4. The summed E-state index contributed by atoms with van der Waals surface area (Å²) in [6.45, 7) is 2.33. The molecule has 2 aromatic rings. The molecule has 8 heteroatoms. The van der Waals surface area contributed by atoms with E-state index in [1.165, 1.54) is 30.3 Å². The van der Waals surface area contributed by atoms with E-state index in [9.17, 15) is 22.8 Å². The molecule has 0 aliphatic rings. The zero-order valence-electron chi connectivity index (χ0n) is 17.7. The van der Waals surface area contributed by atoms with Crippen molar-refractivity contribution in [3.05, 3.63) is 65.7 Å². The zero-order chi connectivity index (χ0) is 23.4. The van der Waals surface area contributed by atoms with E-state index in [0.717, 1.165) is 18.4 Å². The van der Waals surface area contributed by atoms with Crippen LogP contribution in [-0.4, -0.2) is 31.3 Å².